The summed E-state index contributed by atoms with van der Waals surface area (Å²) >= 11 is 0. The van der Waals surface area contributed by atoms with Gasteiger partial charge in [-0.05, 0) is 23.1 Å². The molecule has 32 heavy (non-hydrogen) atoms. The highest BCUT2D eigenvalue weighted by molar-refractivity contribution is 7.85. The Morgan fingerprint density at radius 3 is 1.66 bits per heavy atom. The molecule has 0 aliphatic heterocycles. The number of nitriles is 1. The van der Waals surface area contributed by atoms with E-state index in [1.807, 2.05) is 91.0 Å². The Hall–Kier alpha value is -2.98. The Morgan fingerprint density at radius 2 is 1.25 bits per heavy atom. The number of rotatable bonds is 11. The molecule has 0 spiro atoms. The molecule has 2 atom stereocenters. The van der Waals surface area contributed by atoms with Crippen LogP contribution in [0.15, 0.2) is 91.0 Å². The molecular weight excluding hydrogens is 420 g/mol. The smallest absolute Gasteiger partial charge is 0.264 e. The summed E-state index contributed by atoms with van der Waals surface area (Å²) in [6, 6.07) is 31.7. The third kappa shape index (κ3) is 7.61. The van der Waals surface area contributed by atoms with Gasteiger partial charge >= 0.3 is 0 Å². The van der Waals surface area contributed by atoms with Gasteiger partial charge in [0.15, 0.2) is 0 Å². The molecule has 3 rings (SSSR count). The summed E-state index contributed by atoms with van der Waals surface area (Å²) in [5.41, 5.74) is 3.20. The van der Waals surface area contributed by atoms with Crippen molar-refractivity contribution in [1.82, 2.24) is 4.90 Å². The van der Waals surface area contributed by atoms with Gasteiger partial charge in [0.1, 0.15) is 0 Å². The summed E-state index contributed by atoms with van der Waals surface area (Å²) in [5, 5.41) is 10.1. The molecule has 0 N–H and O–H groups in total. The molecule has 3 aromatic rings. The Bertz CT molecular complexity index is 1060. The number of hydrogen-bond acceptors (Lipinski definition) is 5. The second-order valence-electron chi connectivity index (χ2n) is 7.86. The highest BCUT2D eigenvalue weighted by Gasteiger charge is 2.30. The van der Waals surface area contributed by atoms with Crippen LogP contribution < -0.4 is 0 Å². The number of nitrogens with zero attached hydrogens (tertiary/aromatic N) is 2. The fourth-order valence-electron chi connectivity index (χ4n) is 3.73. The van der Waals surface area contributed by atoms with E-state index in [1.54, 1.807) is 0 Å². The Kier molecular flexibility index (Phi) is 8.57. The quantitative estimate of drug-likeness (QED) is 0.406. The summed E-state index contributed by atoms with van der Waals surface area (Å²) in [5.74, 6) is -0.452. The van der Waals surface area contributed by atoms with Crippen LogP contribution in [0.3, 0.4) is 0 Å². The molecule has 0 unspecified atom stereocenters. The van der Waals surface area contributed by atoms with Crippen molar-refractivity contribution in [2.45, 2.75) is 25.6 Å². The maximum atomic E-state index is 11.8. The topological polar surface area (TPSA) is 70.4 Å². The SMILES string of the molecule is CS(=O)(=O)OC[C@@H]([C@@H](C#N)Cc1ccccc1)N(Cc1ccccc1)Cc1ccccc1. The van der Waals surface area contributed by atoms with E-state index in [9.17, 15) is 13.7 Å². The third-order valence-corrected chi connectivity index (χ3v) is 5.87. The summed E-state index contributed by atoms with van der Waals surface area (Å²) < 4.78 is 28.9. The van der Waals surface area contributed by atoms with Crippen molar-refractivity contribution < 1.29 is 12.6 Å². The molecule has 0 bridgehead atoms. The molecule has 0 radical (unpaired) electrons. The van der Waals surface area contributed by atoms with Crippen LogP contribution in [0.25, 0.3) is 0 Å². The van der Waals surface area contributed by atoms with Crippen LogP contribution in [0, 0.1) is 17.2 Å². The van der Waals surface area contributed by atoms with Crippen molar-refractivity contribution in [3.05, 3.63) is 108 Å². The predicted octanol–water partition coefficient (Wildman–Crippen LogP) is 4.42. The number of benzene rings is 3. The van der Waals surface area contributed by atoms with Crippen LogP contribution in [-0.2, 0) is 33.8 Å². The van der Waals surface area contributed by atoms with E-state index in [0.29, 0.717) is 19.5 Å². The second kappa shape index (κ2) is 11.6. The van der Waals surface area contributed by atoms with Crippen LogP contribution in [0.2, 0.25) is 0 Å². The molecule has 0 aromatic heterocycles. The molecule has 6 heteroatoms. The van der Waals surface area contributed by atoms with Crippen molar-refractivity contribution >= 4 is 10.1 Å². The normalized spacial score (nSPS) is 13.4. The van der Waals surface area contributed by atoms with Crippen molar-refractivity contribution in [3.8, 4) is 6.07 Å². The average Bonchev–Trinajstić information content (AvgIpc) is 2.79. The first-order chi connectivity index (χ1) is 15.4. The summed E-state index contributed by atoms with van der Waals surface area (Å²) in [6.07, 6.45) is 1.55. The predicted molar refractivity (Wildman–Crippen MR) is 126 cm³/mol. The fraction of sp³-hybridized carbons (Fsp3) is 0.269. The number of hydrogen-bond donors (Lipinski definition) is 0. The standard InChI is InChI=1S/C26H28N2O3S/c1-32(29,30)31-21-26(25(18-27)17-22-11-5-2-6-12-22)28(19-23-13-7-3-8-14-23)20-24-15-9-4-10-16-24/h2-16,25-26H,17,19-21H2,1H3/t25-,26+/m1/s1. The van der Waals surface area contributed by atoms with E-state index >= 15 is 0 Å². The largest absolute Gasteiger partial charge is 0.288 e. The lowest BCUT2D eigenvalue weighted by Gasteiger charge is -2.34. The zero-order valence-electron chi connectivity index (χ0n) is 18.2. The minimum absolute atomic E-state index is 0.0798. The first kappa shape index (κ1) is 23.7. The molecule has 3 aromatic carbocycles. The van der Waals surface area contributed by atoms with E-state index in [4.69, 9.17) is 4.18 Å². The summed E-state index contributed by atoms with van der Waals surface area (Å²) in [6.45, 7) is 1.06. The lowest BCUT2D eigenvalue weighted by atomic mass is 9.92. The van der Waals surface area contributed by atoms with Crippen LogP contribution >= 0.6 is 0 Å². The van der Waals surface area contributed by atoms with Gasteiger partial charge in [-0.1, -0.05) is 91.0 Å². The highest BCUT2D eigenvalue weighted by Crippen LogP contribution is 2.23. The summed E-state index contributed by atoms with van der Waals surface area (Å²) in [7, 11) is -3.65. The van der Waals surface area contributed by atoms with Crippen LogP contribution in [0.5, 0.6) is 0 Å². The molecule has 0 saturated carbocycles. The average molecular weight is 449 g/mol. The first-order valence-electron chi connectivity index (χ1n) is 10.5. The van der Waals surface area contributed by atoms with E-state index in [0.717, 1.165) is 22.9 Å². The van der Waals surface area contributed by atoms with Crippen LogP contribution in [0.1, 0.15) is 16.7 Å². The lowest BCUT2D eigenvalue weighted by Crippen LogP contribution is -2.44. The highest BCUT2D eigenvalue weighted by atomic mass is 32.2. The fourth-order valence-corrected chi connectivity index (χ4v) is 4.12. The molecule has 166 valence electrons. The van der Waals surface area contributed by atoms with Gasteiger partial charge in [0, 0.05) is 13.1 Å². The molecule has 0 aliphatic carbocycles. The molecule has 5 nitrogen and oxygen atoms in total. The minimum atomic E-state index is -3.65. The van der Waals surface area contributed by atoms with Crippen molar-refractivity contribution in [2.24, 2.45) is 5.92 Å². The van der Waals surface area contributed by atoms with Gasteiger partial charge in [-0.25, -0.2) is 0 Å². The van der Waals surface area contributed by atoms with Gasteiger partial charge < -0.3 is 0 Å². The lowest BCUT2D eigenvalue weighted by molar-refractivity contribution is 0.0960. The maximum Gasteiger partial charge on any atom is 0.264 e. The first-order valence-corrected chi connectivity index (χ1v) is 12.4. The van der Waals surface area contributed by atoms with Gasteiger partial charge in [0.25, 0.3) is 10.1 Å². The van der Waals surface area contributed by atoms with Crippen molar-refractivity contribution in [1.29, 1.82) is 5.26 Å². The molecule has 0 amide bonds. The van der Waals surface area contributed by atoms with Gasteiger partial charge in [-0.2, -0.15) is 13.7 Å². The molecule has 0 heterocycles. The van der Waals surface area contributed by atoms with Crippen LogP contribution in [-0.4, -0.2) is 32.2 Å². The van der Waals surface area contributed by atoms with Gasteiger partial charge in [0.05, 0.1) is 30.9 Å². The van der Waals surface area contributed by atoms with E-state index in [1.165, 1.54) is 0 Å². The monoisotopic (exact) mass is 448 g/mol. The van der Waals surface area contributed by atoms with E-state index in [-0.39, 0.29) is 6.61 Å². The minimum Gasteiger partial charge on any atom is -0.288 e. The molecule has 0 fully saturated rings. The van der Waals surface area contributed by atoms with Crippen molar-refractivity contribution in [3.63, 3.8) is 0 Å². The Labute approximate surface area is 191 Å². The van der Waals surface area contributed by atoms with Gasteiger partial charge in [-0.3, -0.25) is 9.08 Å². The van der Waals surface area contributed by atoms with Crippen molar-refractivity contribution in [2.75, 3.05) is 12.9 Å². The maximum absolute atomic E-state index is 11.8. The molecule has 0 saturated heterocycles. The second-order valence-corrected chi connectivity index (χ2v) is 9.50. The zero-order valence-corrected chi connectivity index (χ0v) is 19.0. The Balaban J connectivity index is 1.94. The third-order valence-electron chi connectivity index (χ3n) is 5.31. The van der Waals surface area contributed by atoms with E-state index in [2.05, 4.69) is 11.0 Å². The Morgan fingerprint density at radius 1 is 0.812 bits per heavy atom. The van der Waals surface area contributed by atoms with Gasteiger partial charge in [0.2, 0.25) is 0 Å². The zero-order chi connectivity index (χ0) is 22.8. The molecular formula is C26H28N2O3S. The van der Waals surface area contributed by atoms with Gasteiger partial charge in [-0.15, -0.1) is 0 Å². The van der Waals surface area contributed by atoms with E-state index < -0.39 is 22.1 Å². The van der Waals surface area contributed by atoms with Crippen LogP contribution in [0.4, 0.5) is 0 Å². The molecule has 0 aliphatic rings. The summed E-state index contributed by atoms with van der Waals surface area (Å²) in [4.78, 5) is 2.15.